The van der Waals surface area contributed by atoms with E-state index in [1.807, 2.05) is 13.0 Å². The molecule has 1 aromatic rings. The molecule has 0 bridgehead atoms. The maximum absolute atomic E-state index is 11.1. The minimum atomic E-state index is -0.197. The third kappa shape index (κ3) is 2.57. The Bertz CT molecular complexity index is 281. The number of aryl methyl sites for hydroxylation is 1. The summed E-state index contributed by atoms with van der Waals surface area (Å²) in [6, 6.07) is 1.83. The molecule has 0 aliphatic rings. The Morgan fingerprint density at radius 1 is 1.62 bits per heavy atom. The highest BCUT2D eigenvalue weighted by molar-refractivity contribution is 5.71. The van der Waals surface area contributed by atoms with E-state index >= 15 is 0 Å². The molecule has 0 aliphatic heterocycles. The molecule has 1 heterocycles. The van der Waals surface area contributed by atoms with Gasteiger partial charge in [-0.2, -0.15) is 5.10 Å². The average molecular weight is 182 g/mol. The van der Waals surface area contributed by atoms with Gasteiger partial charge in [0, 0.05) is 18.4 Å². The van der Waals surface area contributed by atoms with Crippen LogP contribution < -0.4 is 0 Å². The van der Waals surface area contributed by atoms with E-state index in [-0.39, 0.29) is 5.97 Å². The largest absolute Gasteiger partial charge is 0.466 e. The molecule has 0 aliphatic carbocycles. The van der Waals surface area contributed by atoms with Crippen LogP contribution in [0.4, 0.5) is 0 Å². The number of rotatable bonds is 4. The number of carbonyl (C=O) groups excluding carboxylic acids is 1. The molecule has 72 valence electrons. The predicted octanol–water partition coefficient (Wildman–Crippen LogP) is 1.01. The van der Waals surface area contributed by atoms with Crippen molar-refractivity contribution in [3.05, 3.63) is 18.0 Å². The lowest BCUT2D eigenvalue weighted by Gasteiger charge is -2.03. The molecule has 1 rings (SSSR count). The fourth-order valence-electron chi connectivity index (χ4n) is 1.15. The van der Waals surface area contributed by atoms with Crippen LogP contribution in [-0.2, 0) is 22.5 Å². The van der Waals surface area contributed by atoms with Crippen LogP contribution in [0.25, 0.3) is 0 Å². The molecule has 0 fully saturated rings. The lowest BCUT2D eigenvalue weighted by Crippen LogP contribution is -2.11. The highest BCUT2D eigenvalue weighted by Gasteiger charge is 2.07. The molecule has 0 N–H and O–H groups in total. The van der Waals surface area contributed by atoms with Gasteiger partial charge in [0.05, 0.1) is 13.0 Å². The summed E-state index contributed by atoms with van der Waals surface area (Å²) in [4.78, 5) is 11.1. The third-order valence-corrected chi connectivity index (χ3v) is 1.73. The van der Waals surface area contributed by atoms with Crippen LogP contribution in [0.5, 0.6) is 0 Å². The molecule has 13 heavy (non-hydrogen) atoms. The molecular formula is C9H14N2O2. The van der Waals surface area contributed by atoms with Gasteiger partial charge in [-0.25, -0.2) is 0 Å². The van der Waals surface area contributed by atoms with Crippen molar-refractivity contribution in [2.45, 2.75) is 26.8 Å². The van der Waals surface area contributed by atoms with E-state index in [4.69, 9.17) is 4.74 Å². The number of carbonyl (C=O) groups is 1. The zero-order chi connectivity index (χ0) is 9.68. The van der Waals surface area contributed by atoms with E-state index in [2.05, 4.69) is 5.10 Å². The van der Waals surface area contributed by atoms with Crippen molar-refractivity contribution in [2.75, 3.05) is 6.61 Å². The number of hydrogen-bond acceptors (Lipinski definition) is 3. The first kappa shape index (κ1) is 9.77. The summed E-state index contributed by atoms with van der Waals surface area (Å²) in [5.74, 6) is -0.197. The van der Waals surface area contributed by atoms with Gasteiger partial charge in [0.25, 0.3) is 0 Å². The second kappa shape index (κ2) is 4.64. The smallest absolute Gasteiger partial charge is 0.311 e. The minimum Gasteiger partial charge on any atom is -0.466 e. The van der Waals surface area contributed by atoms with Crippen molar-refractivity contribution in [1.29, 1.82) is 0 Å². The molecule has 0 amide bonds. The molecule has 4 nitrogen and oxygen atoms in total. The van der Waals surface area contributed by atoms with Crippen LogP contribution in [-0.4, -0.2) is 22.4 Å². The first-order chi connectivity index (χ1) is 6.27. The second-order valence-electron chi connectivity index (χ2n) is 2.62. The van der Waals surface area contributed by atoms with E-state index in [9.17, 15) is 4.79 Å². The van der Waals surface area contributed by atoms with Crippen LogP contribution in [0, 0.1) is 0 Å². The van der Waals surface area contributed by atoms with Crippen LogP contribution >= 0.6 is 0 Å². The highest BCUT2D eigenvalue weighted by Crippen LogP contribution is 2.00. The molecule has 1 aromatic heterocycles. The number of hydrogen-bond donors (Lipinski definition) is 0. The summed E-state index contributed by atoms with van der Waals surface area (Å²) in [5.41, 5.74) is 0.904. The van der Waals surface area contributed by atoms with Gasteiger partial charge < -0.3 is 4.74 Å². The van der Waals surface area contributed by atoms with Gasteiger partial charge in [-0.05, 0) is 19.9 Å². The summed E-state index contributed by atoms with van der Waals surface area (Å²) in [5, 5.41) is 4.06. The topological polar surface area (TPSA) is 44.1 Å². The normalized spacial score (nSPS) is 10.0. The van der Waals surface area contributed by atoms with E-state index in [1.165, 1.54) is 0 Å². The van der Waals surface area contributed by atoms with Crippen molar-refractivity contribution >= 4 is 5.97 Å². The summed E-state index contributed by atoms with van der Waals surface area (Å²) >= 11 is 0. The van der Waals surface area contributed by atoms with E-state index < -0.39 is 0 Å². The Morgan fingerprint density at radius 3 is 3.00 bits per heavy atom. The maximum Gasteiger partial charge on any atom is 0.311 e. The van der Waals surface area contributed by atoms with Gasteiger partial charge >= 0.3 is 5.97 Å². The molecule has 0 unspecified atom stereocenters. The van der Waals surface area contributed by atoms with E-state index in [0.29, 0.717) is 13.0 Å². The van der Waals surface area contributed by atoms with Crippen molar-refractivity contribution in [3.63, 3.8) is 0 Å². The maximum atomic E-state index is 11.1. The Kier molecular flexibility index (Phi) is 3.49. The molecule has 0 saturated heterocycles. The van der Waals surface area contributed by atoms with Crippen molar-refractivity contribution in [3.8, 4) is 0 Å². The monoisotopic (exact) mass is 182 g/mol. The highest BCUT2D eigenvalue weighted by atomic mass is 16.5. The number of nitrogens with zero attached hydrogens (tertiary/aromatic N) is 2. The molecule has 0 atom stereocenters. The Morgan fingerprint density at radius 2 is 2.38 bits per heavy atom. The van der Waals surface area contributed by atoms with Crippen LogP contribution in [0.15, 0.2) is 12.3 Å². The fourth-order valence-corrected chi connectivity index (χ4v) is 1.15. The summed E-state index contributed by atoms with van der Waals surface area (Å²) in [7, 11) is 0. The summed E-state index contributed by atoms with van der Waals surface area (Å²) < 4.78 is 6.62. The minimum absolute atomic E-state index is 0.197. The molecular weight excluding hydrogens is 168 g/mol. The lowest BCUT2D eigenvalue weighted by atomic mass is 10.3. The van der Waals surface area contributed by atoms with Crippen molar-refractivity contribution < 1.29 is 9.53 Å². The summed E-state index contributed by atoms with van der Waals surface area (Å²) in [6.07, 6.45) is 2.00. The molecule has 4 heteroatoms. The van der Waals surface area contributed by atoms with Gasteiger partial charge in [0.2, 0.25) is 0 Å². The van der Waals surface area contributed by atoms with E-state index in [1.54, 1.807) is 17.8 Å². The molecule has 0 radical (unpaired) electrons. The lowest BCUT2D eigenvalue weighted by molar-refractivity contribution is -0.142. The van der Waals surface area contributed by atoms with Gasteiger partial charge in [-0.1, -0.05) is 0 Å². The second-order valence-corrected chi connectivity index (χ2v) is 2.62. The first-order valence-corrected chi connectivity index (χ1v) is 4.44. The standard InChI is InChI=1S/C9H14N2O2/c1-3-11-8(5-6-10-11)7-9(12)13-4-2/h5-6H,3-4,7H2,1-2H3. The zero-order valence-corrected chi connectivity index (χ0v) is 7.99. The molecule has 0 saturated carbocycles. The fraction of sp³-hybridized carbons (Fsp3) is 0.556. The number of esters is 1. The third-order valence-electron chi connectivity index (χ3n) is 1.73. The van der Waals surface area contributed by atoms with Crippen LogP contribution in [0.1, 0.15) is 19.5 Å². The van der Waals surface area contributed by atoms with Gasteiger partial charge in [0.15, 0.2) is 0 Å². The Balaban J connectivity index is 2.57. The zero-order valence-electron chi connectivity index (χ0n) is 7.99. The van der Waals surface area contributed by atoms with Crippen molar-refractivity contribution in [1.82, 2.24) is 9.78 Å². The molecule has 0 spiro atoms. The van der Waals surface area contributed by atoms with Crippen LogP contribution in [0.2, 0.25) is 0 Å². The Hall–Kier alpha value is -1.32. The quantitative estimate of drug-likeness (QED) is 0.653. The van der Waals surface area contributed by atoms with Gasteiger partial charge in [-0.15, -0.1) is 0 Å². The SMILES string of the molecule is CCOC(=O)Cc1ccnn1CC. The molecule has 0 aromatic carbocycles. The van der Waals surface area contributed by atoms with Gasteiger partial charge in [0.1, 0.15) is 0 Å². The predicted molar refractivity (Wildman–Crippen MR) is 48.2 cm³/mol. The average Bonchev–Trinajstić information content (AvgIpc) is 2.52. The number of ether oxygens (including phenoxy) is 1. The Labute approximate surface area is 77.5 Å². The summed E-state index contributed by atoms with van der Waals surface area (Å²) in [6.45, 7) is 5.00. The van der Waals surface area contributed by atoms with E-state index in [0.717, 1.165) is 12.2 Å². The van der Waals surface area contributed by atoms with Gasteiger partial charge in [-0.3, -0.25) is 9.48 Å². The van der Waals surface area contributed by atoms with Crippen LogP contribution in [0.3, 0.4) is 0 Å². The van der Waals surface area contributed by atoms with Crippen molar-refractivity contribution in [2.24, 2.45) is 0 Å². The first-order valence-electron chi connectivity index (χ1n) is 4.44. The number of aromatic nitrogens is 2.